The zero-order valence-corrected chi connectivity index (χ0v) is 15.4. The van der Waals surface area contributed by atoms with Crippen molar-refractivity contribution in [3.8, 4) is 5.75 Å². The van der Waals surface area contributed by atoms with Gasteiger partial charge < -0.3 is 15.0 Å². The van der Waals surface area contributed by atoms with Crippen LogP contribution in [0.4, 0.5) is 18.9 Å². The SMILES string of the molecule is CN(CC(=O)Nc1ccc(OC(F)(F)F)cc1)Cc1nc2ccsc2c(=O)[nH]1. The van der Waals surface area contributed by atoms with Gasteiger partial charge in [0.15, 0.2) is 0 Å². The van der Waals surface area contributed by atoms with Gasteiger partial charge in [0.1, 0.15) is 16.3 Å². The summed E-state index contributed by atoms with van der Waals surface area (Å²) >= 11 is 1.30. The average Bonchev–Trinajstić information content (AvgIpc) is 3.04. The molecule has 0 spiro atoms. The van der Waals surface area contributed by atoms with Gasteiger partial charge in [-0.3, -0.25) is 14.5 Å². The van der Waals surface area contributed by atoms with E-state index in [0.717, 1.165) is 12.1 Å². The summed E-state index contributed by atoms with van der Waals surface area (Å²) < 4.78 is 40.7. The Labute approximate surface area is 160 Å². The van der Waals surface area contributed by atoms with Gasteiger partial charge in [0, 0.05) is 5.69 Å². The summed E-state index contributed by atoms with van der Waals surface area (Å²) in [6.07, 6.45) is -4.77. The average molecular weight is 412 g/mol. The molecule has 2 heterocycles. The number of H-pyrrole nitrogens is 1. The lowest BCUT2D eigenvalue weighted by molar-refractivity contribution is -0.274. The highest BCUT2D eigenvalue weighted by atomic mass is 32.1. The van der Waals surface area contributed by atoms with Crippen molar-refractivity contribution in [3.05, 3.63) is 51.9 Å². The highest BCUT2D eigenvalue weighted by Crippen LogP contribution is 2.24. The highest BCUT2D eigenvalue weighted by Gasteiger charge is 2.30. The zero-order chi connectivity index (χ0) is 20.3. The second kappa shape index (κ2) is 7.98. The summed E-state index contributed by atoms with van der Waals surface area (Å²) in [5.41, 5.74) is 0.705. The first kappa shape index (κ1) is 19.8. The van der Waals surface area contributed by atoms with Crippen molar-refractivity contribution in [2.45, 2.75) is 12.9 Å². The van der Waals surface area contributed by atoms with E-state index in [-0.39, 0.29) is 30.3 Å². The minimum atomic E-state index is -4.77. The number of hydrogen-bond donors (Lipinski definition) is 2. The minimum absolute atomic E-state index is 0.00775. The minimum Gasteiger partial charge on any atom is -0.406 e. The monoisotopic (exact) mass is 412 g/mol. The first-order valence-electron chi connectivity index (χ1n) is 8.00. The maximum absolute atomic E-state index is 12.1. The molecule has 7 nitrogen and oxygen atoms in total. The Morgan fingerprint density at radius 3 is 2.68 bits per heavy atom. The zero-order valence-electron chi connectivity index (χ0n) is 14.5. The third-order valence-corrected chi connectivity index (χ3v) is 4.47. The molecule has 0 aliphatic heterocycles. The molecule has 0 atom stereocenters. The van der Waals surface area contributed by atoms with E-state index >= 15 is 0 Å². The lowest BCUT2D eigenvalue weighted by atomic mass is 10.3. The smallest absolute Gasteiger partial charge is 0.406 e. The van der Waals surface area contributed by atoms with Crippen LogP contribution < -0.4 is 15.6 Å². The van der Waals surface area contributed by atoms with Gasteiger partial charge in [-0.15, -0.1) is 24.5 Å². The number of carbonyl (C=O) groups is 1. The number of rotatable bonds is 6. The molecule has 0 aliphatic rings. The third kappa shape index (κ3) is 5.30. The fraction of sp³-hybridized carbons (Fsp3) is 0.235. The van der Waals surface area contributed by atoms with Crippen molar-refractivity contribution < 1.29 is 22.7 Å². The number of nitrogens with zero attached hydrogens (tertiary/aromatic N) is 2. The molecular weight excluding hydrogens is 397 g/mol. The fourth-order valence-corrected chi connectivity index (χ4v) is 3.22. The van der Waals surface area contributed by atoms with Gasteiger partial charge in [0.25, 0.3) is 5.56 Å². The summed E-state index contributed by atoms with van der Waals surface area (Å²) in [7, 11) is 1.68. The van der Waals surface area contributed by atoms with Gasteiger partial charge in [-0.25, -0.2) is 4.98 Å². The van der Waals surface area contributed by atoms with E-state index in [1.54, 1.807) is 23.4 Å². The number of thiophene rings is 1. The molecule has 2 aromatic heterocycles. The largest absolute Gasteiger partial charge is 0.573 e. The third-order valence-electron chi connectivity index (χ3n) is 3.57. The van der Waals surface area contributed by atoms with Crippen molar-refractivity contribution in [3.63, 3.8) is 0 Å². The number of aromatic nitrogens is 2. The first-order chi connectivity index (χ1) is 13.2. The molecule has 0 radical (unpaired) electrons. The van der Waals surface area contributed by atoms with Crippen molar-refractivity contribution in [2.75, 3.05) is 18.9 Å². The van der Waals surface area contributed by atoms with Crippen LogP contribution in [0.25, 0.3) is 10.2 Å². The van der Waals surface area contributed by atoms with Crippen LogP contribution in [-0.4, -0.2) is 40.7 Å². The number of amides is 1. The number of nitrogens with one attached hydrogen (secondary N) is 2. The van der Waals surface area contributed by atoms with E-state index in [1.165, 1.54) is 23.5 Å². The summed E-state index contributed by atoms with van der Waals surface area (Å²) in [4.78, 5) is 32.7. The predicted octanol–water partition coefficient (Wildman–Crippen LogP) is 2.95. The number of fused-ring (bicyclic) bond motifs is 1. The van der Waals surface area contributed by atoms with Gasteiger partial charge in [0.05, 0.1) is 18.6 Å². The highest BCUT2D eigenvalue weighted by molar-refractivity contribution is 7.17. The maximum Gasteiger partial charge on any atom is 0.573 e. The van der Waals surface area contributed by atoms with Crippen LogP contribution in [0.15, 0.2) is 40.5 Å². The van der Waals surface area contributed by atoms with Gasteiger partial charge in [0.2, 0.25) is 5.91 Å². The van der Waals surface area contributed by atoms with Gasteiger partial charge in [-0.05, 0) is 42.8 Å². The molecule has 3 aromatic rings. The van der Waals surface area contributed by atoms with Crippen LogP contribution in [0.2, 0.25) is 0 Å². The Morgan fingerprint density at radius 1 is 1.29 bits per heavy atom. The van der Waals surface area contributed by atoms with Crippen molar-refractivity contribution in [1.29, 1.82) is 0 Å². The molecule has 1 amide bonds. The Hall–Kier alpha value is -2.92. The van der Waals surface area contributed by atoms with E-state index in [4.69, 9.17) is 0 Å². The molecule has 11 heteroatoms. The molecule has 0 aliphatic carbocycles. The second-order valence-electron chi connectivity index (χ2n) is 5.94. The summed E-state index contributed by atoms with van der Waals surface area (Å²) in [5, 5.41) is 4.35. The number of aromatic amines is 1. The molecule has 3 rings (SSSR count). The van der Waals surface area contributed by atoms with Crippen LogP contribution in [0.3, 0.4) is 0 Å². The molecule has 0 saturated heterocycles. The molecule has 148 valence electrons. The lowest BCUT2D eigenvalue weighted by Crippen LogP contribution is -2.31. The number of halogens is 3. The molecule has 0 saturated carbocycles. The molecule has 0 bridgehead atoms. The number of likely N-dealkylation sites (N-methyl/N-ethyl adjacent to an activating group) is 1. The standard InChI is InChI=1S/C17H15F3N4O3S/c1-24(8-13-22-12-6-7-28-15(12)16(26)23-13)9-14(25)21-10-2-4-11(5-3-10)27-17(18,19)20/h2-7H,8-9H2,1H3,(H,21,25)(H,22,23,26). The first-order valence-corrected chi connectivity index (χ1v) is 8.88. The van der Waals surface area contributed by atoms with Crippen LogP contribution in [0.1, 0.15) is 5.82 Å². The normalized spacial score (nSPS) is 11.8. The maximum atomic E-state index is 12.1. The lowest BCUT2D eigenvalue weighted by Gasteiger charge is -2.16. The van der Waals surface area contributed by atoms with Crippen LogP contribution >= 0.6 is 11.3 Å². The Morgan fingerprint density at radius 2 is 2.00 bits per heavy atom. The number of alkyl halides is 3. The van der Waals surface area contributed by atoms with Crippen LogP contribution in [-0.2, 0) is 11.3 Å². The number of hydrogen-bond acceptors (Lipinski definition) is 6. The van der Waals surface area contributed by atoms with Gasteiger partial charge >= 0.3 is 6.36 Å². The summed E-state index contributed by atoms with van der Waals surface area (Å²) in [6, 6.07) is 6.58. The molecule has 0 fully saturated rings. The van der Waals surface area contributed by atoms with Crippen molar-refractivity contribution in [1.82, 2.24) is 14.9 Å². The van der Waals surface area contributed by atoms with E-state index < -0.39 is 6.36 Å². The Bertz CT molecular complexity index is 1030. The fourth-order valence-electron chi connectivity index (χ4n) is 2.49. The number of carbonyl (C=O) groups excluding carboxylic acids is 1. The Balaban J connectivity index is 1.55. The molecule has 1 aromatic carbocycles. The number of anilines is 1. The predicted molar refractivity (Wildman–Crippen MR) is 98.3 cm³/mol. The van der Waals surface area contributed by atoms with Gasteiger partial charge in [-0.2, -0.15) is 0 Å². The summed E-state index contributed by atoms with van der Waals surface area (Å²) in [6.45, 7) is 0.235. The molecule has 0 unspecified atom stereocenters. The second-order valence-corrected chi connectivity index (χ2v) is 6.86. The Kier molecular flexibility index (Phi) is 5.66. The van der Waals surface area contributed by atoms with Gasteiger partial charge in [-0.1, -0.05) is 0 Å². The van der Waals surface area contributed by atoms with Crippen molar-refractivity contribution in [2.24, 2.45) is 0 Å². The summed E-state index contributed by atoms with van der Waals surface area (Å²) in [5.74, 6) is -0.313. The molecule has 2 N–H and O–H groups in total. The molecule has 28 heavy (non-hydrogen) atoms. The van der Waals surface area contributed by atoms with E-state index in [9.17, 15) is 22.8 Å². The topological polar surface area (TPSA) is 87.3 Å². The number of ether oxygens (including phenoxy) is 1. The quantitative estimate of drug-likeness (QED) is 0.650. The van der Waals surface area contributed by atoms with E-state index in [1.807, 2.05) is 0 Å². The van der Waals surface area contributed by atoms with E-state index in [0.29, 0.717) is 21.7 Å². The number of benzene rings is 1. The van der Waals surface area contributed by atoms with Crippen LogP contribution in [0.5, 0.6) is 5.75 Å². The van der Waals surface area contributed by atoms with E-state index in [2.05, 4.69) is 20.0 Å². The van der Waals surface area contributed by atoms with Crippen molar-refractivity contribution >= 4 is 33.1 Å². The van der Waals surface area contributed by atoms with Crippen LogP contribution in [0, 0.1) is 0 Å². The molecular formula is C17H15F3N4O3S.